The van der Waals surface area contributed by atoms with E-state index in [1.165, 1.54) is 7.11 Å². The SMILES string of the molecule is COC(=O)C[C@@H](C)c1ccc(N(CC(C)C)C2CCOCC2)c(Nc2cnc(Cl)nc2)c1. The molecule has 1 fully saturated rings. The minimum Gasteiger partial charge on any atom is -0.469 e. The lowest BCUT2D eigenvalue weighted by Crippen LogP contribution is -2.42. The maximum absolute atomic E-state index is 11.8. The fourth-order valence-electron chi connectivity index (χ4n) is 4.03. The van der Waals surface area contributed by atoms with Gasteiger partial charge in [0.2, 0.25) is 5.28 Å². The van der Waals surface area contributed by atoms with Crippen molar-refractivity contribution in [3.8, 4) is 0 Å². The van der Waals surface area contributed by atoms with Gasteiger partial charge >= 0.3 is 5.97 Å². The molecule has 0 spiro atoms. The van der Waals surface area contributed by atoms with Crippen molar-refractivity contribution in [2.75, 3.05) is 37.1 Å². The number of nitrogens with one attached hydrogen (secondary N) is 1. The van der Waals surface area contributed by atoms with Gasteiger partial charge in [-0.2, -0.15) is 0 Å². The highest BCUT2D eigenvalue weighted by Crippen LogP contribution is 2.36. The van der Waals surface area contributed by atoms with Crippen molar-refractivity contribution in [1.82, 2.24) is 9.97 Å². The summed E-state index contributed by atoms with van der Waals surface area (Å²) in [7, 11) is 1.42. The van der Waals surface area contributed by atoms with Crippen LogP contribution in [-0.4, -0.2) is 48.8 Å². The average molecular weight is 461 g/mol. The molecule has 2 aromatic rings. The van der Waals surface area contributed by atoms with E-state index < -0.39 is 0 Å². The van der Waals surface area contributed by atoms with Crippen LogP contribution in [0.25, 0.3) is 0 Å². The molecule has 8 heteroatoms. The highest BCUT2D eigenvalue weighted by atomic mass is 35.5. The second kappa shape index (κ2) is 11.5. The number of nitrogens with zero attached hydrogens (tertiary/aromatic N) is 3. The Bertz CT molecular complexity index is 885. The van der Waals surface area contributed by atoms with Gasteiger partial charge < -0.3 is 19.7 Å². The number of esters is 1. The molecule has 1 aliphatic rings. The number of ether oxygens (including phenoxy) is 2. The van der Waals surface area contributed by atoms with Crippen LogP contribution in [0.1, 0.15) is 51.5 Å². The molecule has 2 heterocycles. The van der Waals surface area contributed by atoms with Gasteiger partial charge in [0, 0.05) is 25.8 Å². The Kier molecular flexibility index (Phi) is 8.70. The third kappa shape index (κ3) is 6.56. The van der Waals surface area contributed by atoms with E-state index in [4.69, 9.17) is 21.1 Å². The first-order valence-electron chi connectivity index (χ1n) is 11.2. The van der Waals surface area contributed by atoms with Crippen LogP contribution >= 0.6 is 11.6 Å². The first-order valence-corrected chi connectivity index (χ1v) is 11.5. The zero-order valence-electron chi connectivity index (χ0n) is 19.3. The van der Waals surface area contributed by atoms with Gasteiger partial charge in [-0.05, 0) is 54.0 Å². The minimum atomic E-state index is -0.217. The number of benzene rings is 1. The van der Waals surface area contributed by atoms with Crippen molar-refractivity contribution in [2.24, 2.45) is 5.92 Å². The number of hydrogen-bond donors (Lipinski definition) is 1. The highest BCUT2D eigenvalue weighted by molar-refractivity contribution is 6.28. The van der Waals surface area contributed by atoms with Crippen LogP contribution in [0, 0.1) is 5.92 Å². The molecular weight excluding hydrogens is 428 g/mol. The minimum absolute atomic E-state index is 0.0279. The zero-order valence-corrected chi connectivity index (χ0v) is 20.1. The Morgan fingerprint density at radius 1 is 1.25 bits per heavy atom. The van der Waals surface area contributed by atoms with Crippen molar-refractivity contribution < 1.29 is 14.3 Å². The second-order valence-corrected chi connectivity index (χ2v) is 9.05. The van der Waals surface area contributed by atoms with Crippen LogP contribution in [0.4, 0.5) is 17.1 Å². The molecule has 3 rings (SSSR count). The summed E-state index contributed by atoms with van der Waals surface area (Å²) in [6.45, 7) is 9.00. The van der Waals surface area contributed by atoms with E-state index in [-0.39, 0.29) is 17.2 Å². The predicted octanol–water partition coefficient (Wildman–Crippen LogP) is 5.18. The molecule has 1 atom stereocenters. The van der Waals surface area contributed by atoms with E-state index in [0.29, 0.717) is 18.4 Å². The number of carbonyl (C=O) groups excluding carboxylic acids is 1. The van der Waals surface area contributed by atoms with Crippen molar-refractivity contribution >= 4 is 34.6 Å². The van der Waals surface area contributed by atoms with Crippen molar-refractivity contribution in [3.63, 3.8) is 0 Å². The van der Waals surface area contributed by atoms with E-state index >= 15 is 0 Å². The molecule has 1 saturated heterocycles. The molecule has 0 amide bonds. The quantitative estimate of drug-likeness (QED) is 0.408. The van der Waals surface area contributed by atoms with Crippen LogP contribution < -0.4 is 10.2 Å². The standard InChI is InChI=1S/C24H33ClN4O3/c1-16(2)15-29(20-7-9-32-10-8-20)22-6-5-18(17(3)11-23(30)31-4)12-21(22)28-19-13-26-24(25)27-14-19/h5-6,12-14,16-17,20,28H,7-11,15H2,1-4H3/t17-/m1/s1. The van der Waals surface area contributed by atoms with Gasteiger partial charge in [0.15, 0.2) is 0 Å². The molecule has 0 saturated carbocycles. The Labute approximate surface area is 195 Å². The first kappa shape index (κ1) is 24.3. The average Bonchev–Trinajstić information content (AvgIpc) is 2.79. The number of rotatable bonds is 9. The maximum atomic E-state index is 11.8. The van der Waals surface area contributed by atoms with Gasteiger partial charge in [-0.3, -0.25) is 4.79 Å². The summed E-state index contributed by atoms with van der Waals surface area (Å²) in [5, 5.41) is 3.69. The number of aromatic nitrogens is 2. The van der Waals surface area contributed by atoms with Crippen molar-refractivity contribution in [1.29, 1.82) is 0 Å². The zero-order chi connectivity index (χ0) is 23.1. The molecule has 1 aromatic carbocycles. The number of hydrogen-bond acceptors (Lipinski definition) is 7. The normalized spacial score (nSPS) is 15.4. The van der Waals surface area contributed by atoms with Crippen LogP contribution in [-0.2, 0) is 14.3 Å². The lowest BCUT2D eigenvalue weighted by molar-refractivity contribution is -0.140. The number of halogens is 1. The molecule has 1 N–H and O–H groups in total. The molecule has 7 nitrogen and oxygen atoms in total. The first-order chi connectivity index (χ1) is 15.4. The number of methoxy groups -OCH3 is 1. The monoisotopic (exact) mass is 460 g/mol. The molecule has 0 radical (unpaired) electrons. The van der Waals surface area contributed by atoms with Crippen LogP contribution in [0.5, 0.6) is 0 Å². The van der Waals surface area contributed by atoms with Gasteiger partial charge in [-0.15, -0.1) is 0 Å². The molecule has 0 bridgehead atoms. The summed E-state index contributed by atoms with van der Waals surface area (Å²) in [6, 6.07) is 6.79. The summed E-state index contributed by atoms with van der Waals surface area (Å²) in [6.07, 6.45) is 5.66. The van der Waals surface area contributed by atoms with E-state index in [9.17, 15) is 4.79 Å². The Morgan fingerprint density at radius 2 is 1.94 bits per heavy atom. The van der Waals surface area contributed by atoms with Crippen molar-refractivity contribution in [3.05, 3.63) is 41.4 Å². The summed E-state index contributed by atoms with van der Waals surface area (Å²) in [5.41, 5.74) is 3.89. The lowest BCUT2D eigenvalue weighted by Gasteiger charge is -2.38. The van der Waals surface area contributed by atoms with E-state index in [0.717, 1.165) is 55.2 Å². The molecule has 0 aliphatic carbocycles. The summed E-state index contributed by atoms with van der Waals surface area (Å²) in [5.74, 6) is 0.313. The maximum Gasteiger partial charge on any atom is 0.306 e. The molecule has 1 aliphatic heterocycles. The Balaban J connectivity index is 1.99. The van der Waals surface area contributed by atoms with E-state index in [1.54, 1.807) is 12.4 Å². The summed E-state index contributed by atoms with van der Waals surface area (Å²) < 4.78 is 10.5. The fourth-order valence-corrected chi connectivity index (χ4v) is 4.13. The Hall–Kier alpha value is -2.38. The topological polar surface area (TPSA) is 76.6 Å². The van der Waals surface area contributed by atoms with Gasteiger partial charge in [0.05, 0.1) is 43.0 Å². The third-order valence-corrected chi connectivity index (χ3v) is 5.89. The number of carbonyl (C=O) groups is 1. The number of anilines is 3. The smallest absolute Gasteiger partial charge is 0.306 e. The fraction of sp³-hybridized carbons (Fsp3) is 0.542. The second-order valence-electron chi connectivity index (χ2n) is 8.71. The molecular formula is C24H33ClN4O3. The Morgan fingerprint density at radius 3 is 2.56 bits per heavy atom. The predicted molar refractivity (Wildman–Crippen MR) is 128 cm³/mol. The molecule has 174 valence electrons. The molecule has 32 heavy (non-hydrogen) atoms. The van der Waals surface area contributed by atoms with Crippen LogP contribution in [0.2, 0.25) is 5.28 Å². The summed E-state index contributed by atoms with van der Waals surface area (Å²) in [4.78, 5) is 22.5. The van der Waals surface area contributed by atoms with E-state index in [1.807, 2.05) is 6.92 Å². The van der Waals surface area contributed by atoms with Gasteiger partial charge in [0.25, 0.3) is 0 Å². The van der Waals surface area contributed by atoms with Gasteiger partial charge in [-0.25, -0.2) is 9.97 Å². The van der Waals surface area contributed by atoms with Crippen LogP contribution in [0.3, 0.4) is 0 Å². The largest absolute Gasteiger partial charge is 0.469 e. The molecule has 1 aromatic heterocycles. The van der Waals surface area contributed by atoms with Crippen LogP contribution in [0.15, 0.2) is 30.6 Å². The van der Waals surface area contributed by atoms with Crippen molar-refractivity contribution in [2.45, 2.75) is 52.0 Å². The lowest BCUT2D eigenvalue weighted by atomic mass is 9.95. The van der Waals surface area contributed by atoms with Gasteiger partial charge in [0.1, 0.15) is 0 Å². The molecule has 0 unspecified atom stereocenters. The summed E-state index contributed by atoms with van der Waals surface area (Å²) >= 11 is 5.87. The highest BCUT2D eigenvalue weighted by Gasteiger charge is 2.25. The van der Waals surface area contributed by atoms with E-state index in [2.05, 4.69) is 52.2 Å². The third-order valence-electron chi connectivity index (χ3n) is 5.69. The van der Waals surface area contributed by atoms with Gasteiger partial charge in [-0.1, -0.05) is 26.8 Å².